The molecule has 1 saturated carbocycles. The molecule has 16 heavy (non-hydrogen) atoms. The summed E-state index contributed by atoms with van der Waals surface area (Å²) in [6.45, 7) is 1.85. The molecule has 0 radical (unpaired) electrons. The molecule has 1 atom stereocenters. The zero-order valence-electron chi connectivity index (χ0n) is 11.0. The lowest BCUT2D eigenvalue weighted by atomic mass is 9.75. The first-order valence-corrected chi connectivity index (χ1v) is 5.97. The van der Waals surface area contributed by atoms with Gasteiger partial charge in [0, 0.05) is 18.6 Å². The van der Waals surface area contributed by atoms with Crippen molar-refractivity contribution in [3.63, 3.8) is 0 Å². The minimum Gasteiger partial charge on any atom is -0.304 e. The summed E-state index contributed by atoms with van der Waals surface area (Å²) in [5.74, 6) is 0. The fourth-order valence-electron chi connectivity index (χ4n) is 2.41. The number of hydrogen-bond acceptors (Lipinski definition) is 4. The zero-order chi connectivity index (χ0) is 12.2. The summed E-state index contributed by atoms with van der Waals surface area (Å²) in [7, 11) is 8.26. The van der Waals surface area contributed by atoms with Crippen molar-refractivity contribution in [2.24, 2.45) is 0 Å². The molecule has 0 aromatic heterocycles. The molecule has 0 aromatic carbocycles. The highest BCUT2D eigenvalue weighted by Gasteiger charge is 2.39. The molecule has 1 unspecified atom stereocenters. The van der Waals surface area contributed by atoms with Crippen molar-refractivity contribution in [1.29, 1.82) is 5.26 Å². The second kappa shape index (κ2) is 5.62. The van der Waals surface area contributed by atoms with E-state index in [0.29, 0.717) is 5.54 Å². The smallest absolute Gasteiger partial charge is 0.108 e. The quantitative estimate of drug-likeness (QED) is 0.714. The summed E-state index contributed by atoms with van der Waals surface area (Å²) in [5, 5.41) is 11.9. The lowest BCUT2D eigenvalue weighted by Gasteiger charge is -2.49. The predicted molar refractivity (Wildman–Crippen MR) is 66.2 cm³/mol. The van der Waals surface area contributed by atoms with E-state index < -0.39 is 0 Å². The van der Waals surface area contributed by atoms with Crippen molar-refractivity contribution in [1.82, 2.24) is 15.1 Å². The van der Waals surface area contributed by atoms with Crippen molar-refractivity contribution < 1.29 is 0 Å². The third-order valence-electron chi connectivity index (χ3n) is 3.80. The minimum atomic E-state index is -0.0655. The lowest BCUT2D eigenvalue weighted by Crippen LogP contribution is -2.57. The van der Waals surface area contributed by atoms with Gasteiger partial charge in [-0.25, -0.2) is 0 Å². The van der Waals surface area contributed by atoms with Crippen molar-refractivity contribution in [2.45, 2.75) is 30.8 Å². The molecule has 1 N–H and O–H groups in total. The number of rotatable bonds is 6. The Kier molecular flexibility index (Phi) is 4.72. The first-order valence-electron chi connectivity index (χ1n) is 5.97. The van der Waals surface area contributed by atoms with E-state index in [0.717, 1.165) is 13.1 Å². The highest BCUT2D eigenvalue weighted by molar-refractivity contribution is 4.99. The molecule has 4 nitrogen and oxygen atoms in total. The van der Waals surface area contributed by atoms with Crippen LogP contribution in [0.1, 0.15) is 19.3 Å². The predicted octanol–water partition coefficient (Wildman–Crippen LogP) is 0.514. The van der Waals surface area contributed by atoms with Crippen LogP contribution in [0.4, 0.5) is 0 Å². The van der Waals surface area contributed by atoms with Gasteiger partial charge in [-0.15, -0.1) is 0 Å². The Morgan fingerprint density at radius 2 is 2.00 bits per heavy atom. The molecular formula is C12H24N4. The molecule has 1 fully saturated rings. The summed E-state index contributed by atoms with van der Waals surface area (Å²) in [6.07, 6.45) is 3.89. The van der Waals surface area contributed by atoms with Crippen LogP contribution in [0.5, 0.6) is 0 Å². The molecule has 1 aliphatic rings. The average molecular weight is 224 g/mol. The number of nitrogens with zero attached hydrogens (tertiary/aromatic N) is 3. The molecule has 0 spiro atoms. The highest BCUT2D eigenvalue weighted by atomic mass is 15.2. The molecular weight excluding hydrogens is 200 g/mol. The van der Waals surface area contributed by atoms with Gasteiger partial charge in [-0.1, -0.05) is 0 Å². The van der Waals surface area contributed by atoms with Gasteiger partial charge >= 0.3 is 0 Å². The maximum absolute atomic E-state index is 8.90. The first kappa shape index (κ1) is 13.4. The Morgan fingerprint density at radius 1 is 1.38 bits per heavy atom. The standard InChI is InChI=1S/C12H24N4/c1-14-11(8-13)9-16(4)10-12(15(2)3)6-5-7-12/h11,14H,5-7,9-10H2,1-4H3. The molecule has 0 aliphatic heterocycles. The van der Waals surface area contributed by atoms with Crippen molar-refractivity contribution in [3.8, 4) is 6.07 Å². The molecule has 1 aliphatic carbocycles. The van der Waals surface area contributed by atoms with E-state index in [9.17, 15) is 0 Å². The first-order chi connectivity index (χ1) is 7.54. The molecule has 4 heteroatoms. The monoisotopic (exact) mass is 224 g/mol. The Labute approximate surface area is 99.2 Å². The van der Waals surface area contributed by atoms with Crippen LogP contribution in [0.2, 0.25) is 0 Å². The Bertz CT molecular complexity index is 252. The van der Waals surface area contributed by atoms with Gasteiger partial charge in [0.2, 0.25) is 0 Å². The minimum absolute atomic E-state index is 0.0655. The van der Waals surface area contributed by atoms with E-state index >= 15 is 0 Å². The van der Waals surface area contributed by atoms with Crippen LogP contribution in [0.3, 0.4) is 0 Å². The number of hydrogen-bond donors (Lipinski definition) is 1. The zero-order valence-corrected chi connectivity index (χ0v) is 11.0. The summed E-state index contributed by atoms with van der Waals surface area (Å²) < 4.78 is 0. The molecule has 92 valence electrons. The fraction of sp³-hybridized carbons (Fsp3) is 0.917. The summed E-state index contributed by atoms with van der Waals surface area (Å²) in [6, 6.07) is 2.20. The Hall–Kier alpha value is -0.630. The SMILES string of the molecule is CNC(C#N)CN(C)CC1(N(C)C)CCC1. The highest BCUT2D eigenvalue weighted by Crippen LogP contribution is 2.36. The van der Waals surface area contributed by atoms with Gasteiger partial charge < -0.3 is 15.1 Å². The van der Waals surface area contributed by atoms with Gasteiger partial charge in [-0.2, -0.15) is 5.26 Å². The van der Waals surface area contributed by atoms with Crippen LogP contribution < -0.4 is 5.32 Å². The lowest BCUT2D eigenvalue weighted by molar-refractivity contribution is 0.0270. The number of likely N-dealkylation sites (N-methyl/N-ethyl adjacent to an activating group) is 3. The van der Waals surface area contributed by atoms with E-state index in [2.05, 4.69) is 42.3 Å². The van der Waals surface area contributed by atoms with Crippen LogP contribution in [-0.2, 0) is 0 Å². The largest absolute Gasteiger partial charge is 0.304 e. The Morgan fingerprint density at radius 3 is 2.31 bits per heavy atom. The van der Waals surface area contributed by atoms with Crippen molar-refractivity contribution in [2.75, 3.05) is 41.3 Å². The van der Waals surface area contributed by atoms with Crippen molar-refractivity contribution in [3.05, 3.63) is 0 Å². The van der Waals surface area contributed by atoms with Crippen LogP contribution in [-0.4, -0.2) is 62.7 Å². The van der Waals surface area contributed by atoms with E-state index in [1.165, 1.54) is 19.3 Å². The summed E-state index contributed by atoms with van der Waals surface area (Å²) >= 11 is 0. The van der Waals surface area contributed by atoms with Gasteiger partial charge in [0.15, 0.2) is 0 Å². The van der Waals surface area contributed by atoms with Gasteiger partial charge in [-0.3, -0.25) is 0 Å². The second-order valence-corrected chi connectivity index (χ2v) is 5.14. The number of nitrogens with one attached hydrogen (secondary N) is 1. The average Bonchev–Trinajstić information content (AvgIpc) is 2.19. The molecule has 0 bridgehead atoms. The molecule has 0 saturated heterocycles. The van der Waals surface area contributed by atoms with E-state index in [1.807, 2.05) is 7.05 Å². The summed E-state index contributed by atoms with van der Waals surface area (Å²) in [5.41, 5.74) is 0.350. The fourth-order valence-corrected chi connectivity index (χ4v) is 2.41. The molecule has 0 heterocycles. The molecule has 0 aromatic rings. The van der Waals surface area contributed by atoms with E-state index in [4.69, 9.17) is 5.26 Å². The van der Waals surface area contributed by atoms with Gasteiger partial charge in [-0.05, 0) is 47.5 Å². The maximum atomic E-state index is 8.90. The van der Waals surface area contributed by atoms with Crippen LogP contribution in [0, 0.1) is 11.3 Å². The molecule has 0 amide bonds. The van der Waals surface area contributed by atoms with Crippen LogP contribution in [0.15, 0.2) is 0 Å². The molecule has 1 rings (SSSR count). The third kappa shape index (κ3) is 2.94. The Balaban J connectivity index is 2.44. The number of nitriles is 1. The topological polar surface area (TPSA) is 42.3 Å². The van der Waals surface area contributed by atoms with Crippen LogP contribution >= 0.6 is 0 Å². The van der Waals surface area contributed by atoms with Gasteiger partial charge in [0.1, 0.15) is 6.04 Å². The van der Waals surface area contributed by atoms with E-state index in [-0.39, 0.29) is 6.04 Å². The van der Waals surface area contributed by atoms with Crippen LogP contribution in [0.25, 0.3) is 0 Å². The third-order valence-corrected chi connectivity index (χ3v) is 3.80. The van der Waals surface area contributed by atoms with E-state index in [1.54, 1.807) is 0 Å². The summed E-state index contributed by atoms with van der Waals surface area (Å²) in [4.78, 5) is 4.61. The van der Waals surface area contributed by atoms with Gasteiger partial charge in [0.25, 0.3) is 0 Å². The van der Waals surface area contributed by atoms with Gasteiger partial charge in [0.05, 0.1) is 6.07 Å². The normalized spacial score (nSPS) is 20.6. The van der Waals surface area contributed by atoms with Crippen molar-refractivity contribution >= 4 is 0 Å². The maximum Gasteiger partial charge on any atom is 0.108 e. The second-order valence-electron chi connectivity index (χ2n) is 5.14.